The van der Waals surface area contributed by atoms with E-state index in [0.717, 1.165) is 0 Å². The molecule has 0 amide bonds. The van der Waals surface area contributed by atoms with Gasteiger partial charge in [-0.25, -0.2) is 9.37 Å². The molecule has 1 aromatic heterocycles. The highest BCUT2D eigenvalue weighted by atomic mass is 19.1. The summed E-state index contributed by atoms with van der Waals surface area (Å²) >= 11 is 0. The van der Waals surface area contributed by atoms with Crippen LogP contribution >= 0.6 is 0 Å². The molecule has 4 heteroatoms. The van der Waals surface area contributed by atoms with Gasteiger partial charge < -0.3 is 4.42 Å². The highest BCUT2D eigenvalue weighted by molar-refractivity contribution is 5.98. The number of halogens is 1. The standard InChI is InChI=1S/C16H12FNO2/c1-2-14(19)10-6-7-15-13(9-10)18-16(20-15)11-4-3-5-12(17)8-11/h3-9H,2H2,1H3. The largest absolute Gasteiger partial charge is 0.436 e. The van der Waals surface area contributed by atoms with Gasteiger partial charge in [0.25, 0.3) is 0 Å². The van der Waals surface area contributed by atoms with E-state index in [4.69, 9.17) is 4.42 Å². The van der Waals surface area contributed by atoms with Crippen molar-refractivity contribution in [3.8, 4) is 11.5 Å². The molecule has 0 spiro atoms. The zero-order valence-corrected chi connectivity index (χ0v) is 10.9. The third-order valence-electron chi connectivity index (χ3n) is 3.10. The van der Waals surface area contributed by atoms with Crippen LogP contribution in [-0.2, 0) is 0 Å². The second kappa shape index (κ2) is 4.89. The maximum Gasteiger partial charge on any atom is 0.227 e. The van der Waals surface area contributed by atoms with Crippen LogP contribution in [0.3, 0.4) is 0 Å². The molecule has 0 fully saturated rings. The Kier molecular flexibility index (Phi) is 3.06. The third-order valence-corrected chi connectivity index (χ3v) is 3.10. The zero-order chi connectivity index (χ0) is 14.1. The van der Waals surface area contributed by atoms with Crippen LogP contribution in [-0.4, -0.2) is 10.8 Å². The van der Waals surface area contributed by atoms with Crippen molar-refractivity contribution in [2.24, 2.45) is 0 Å². The molecule has 0 radical (unpaired) electrons. The van der Waals surface area contributed by atoms with E-state index in [1.807, 2.05) is 6.92 Å². The highest BCUT2D eigenvalue weighted by Crippen LogP contribution is 2.25. The first kappa shape index (κ1) is 12.5. The van der Waals surface area contributed by atoms with Crippen molar-refractivity contribution >= 4 is 16.9 Å². The van der Waals surface area contributed by atoms with Crippen molar-refractivity contribution in [1.82, 2.24) is 4.98 Å². The molecule has 0 unspecified atom stereocenters. The van der Waals surface area contributed by atoms with Gasteiger partial charge >= 0.3 is 0 Å². The van der Waals surface area contributed by atoms with Crippen molar-refractivity contribution in [2.75, 3.05) is 0 Å². The van der Waals surface area contributed by atoms with Crippen molar-refractivity contribution in [2.45, 2.75) is 13.3 Å². The van der Waals surface area contributed by atoms with E-state index in [1.54, 1.807) is 30.3 Å². The lowest BCUT2D eigenvalue weighted by Crippen LogP contribution is -1.95. The Balaban J connectivity index is 2.09. The summed E-state index contributed by atoms with van der Waals surface area (Å²) in [4.78, 5) is 16.0. The fraction of sp³-hybridized carbons (Fsp3) is 0.125. The van der Waals surface area contributed by atoms with E-state index in [1.165, 1.54) is 12.1 Å². The molecule has 0 aliphatic carbocycles. The number of hydrogen-bond donors (Lipinski definition) is 0. The molecule has 0 aliphatic rings. The number of aromatic nitrogens is 1. The Bertz CT molecular complexity index is 792. The van der Waals surface area contributed by atoms with E-state index in [-0.39, 0.29) is 11.6 Å². The van der Waals surface area contributed by atoms with E-state index < -0.39 is 0 Å². The molecule has 0 saturated heterocycles. The minimum Gasteiger partial charge on any atom is -0.436 e. The lowest BCUT2D eigenvalue weighted by Gasteiger charge is -1.95. The summed E-state index contributed by atoms with van der Waals surface area (Å²) in [6, 6.07) is 11.2. The molecule has 3 rings (SSSR count). The van der Waals surface area contributed by atoms with Gasteiger partial charge in [0.15, 0.2) is 11.4 Å². The number of nitrogens with zero attached hydrogens (tertiary/aromatic N) is 1. The Labute approximate surface area is 115 Å². The molecule has 20 heavy (non-hydrogen) atoms. The Hall–Kier alpha value is -2.49. The van der Waals surface area contributed by atoms with Crippen LogP contribution < -0.4 is 0 Å². The second-order valence-electron chi connectivity index (χ2n) is 4.49. The minimum absolute atomic E-state index is 0.0576. The Morgan fingerprint density at radius 3 is 2.85 bits per heavy atom. The molecule has 0 saturated carbocycles. The number of ketones is 1. The van der Waals surface area contributed by atoms with Gasteiger partial charge in [0, 0.05) is 17.5 Å². The predicted octanol–water partition coefficient (Wildman–Crippen LogP) is 4.23. The number of rotatable bonds is 3. The number of carbonyl (C=O) groups is 1. The topological polar surface area (TPSA) is 43.1 Å². The molecular weight excluding hydrogens is 257 g/mol. The van der Waals surface area contributed by atoms with Crippen LogP contribution in [0, 0.1) is 5.82 Å². The summed E-state index contributed by atoms with van der Waals surface area (Å²) in [5, 5.41) is 0. The quantitative estimate of drug-likeness (QED) is 0.668. The number of carbonyl (C=O) groups excluding carboxylic acids is 1. The van der Waals surface area contributed by atoms with Gasteiger partial charge in [0.05, 0.1) is 0 Å². The van der Waals surface area contributed by atoms with Gasteiger partial charge in [-0.15, -0.1) is 0 Å². The van der Waals surface area contributed by atoms with Crippen LogP contribution in [0.25, 0.3) is 22.6 Å². The van der Waals surface area contributed by atoms with E-state index >= 15 is 0 Å². The van der Waals surface area contributed by atoms with Crippen LogP contribution in [0.15, 0.2) is 46.9 Å². The molecule has 0 aliphatic heterocycles. The number of Topliss-reactive ketones (excluding diaryl/α,β-unsaturated/α-hetero) is 1. The Morgan fingerprint density at radius 1 is 1.25 bits per heavy atom. The lowest BCUT2D eigenvalue weighted by molar-refractivity contribution is 0.0988. The number of benzene rings is 2. The summed E-state index contributed by atoms with van der Waals surface area (Å²) in [6.45, 7) is 1.81. The lowest BCUT2D eigenvalue weighted by atomic mass is 10.1. The maximum atomic E-state index is 13.2. The molecule has 3 aromatic rings. The van der Waals surface area contributed by atoms with Gasteiger partial charge in [-0.3, -0.25) is 4.79 Å². The highest BCUT2D eigenvalue weighted by Gasteiger charge is 2.11. The van der Waals surface area contributed by atoms with Crippen LogP contribution in [0.4, 0.5) is 4.39 Å². The molecule has 100 valence electrons. The SMILES string of the molecule is CCC(=O)c1ccc2oc(-c3cccc(F)c3)nc2c1. The predicted molar refractivity (Wildman–Crippen MR) is 74.0 cm³/mol. The number of oxazole rings is 1. The van der Waals surface area contributed by atoms with Gasteiger partial charge in [0.2, 0.25) is 5.89 Å². The fourth-order valence-corrected chi connectivity index (χ4v) is 2.05. The molecule has 0 bridgehead atoms. The van der Waals surface area contributed by atoms with Gasteiger partial charge in [-0.1, -0.05) is 13.0 Å². The third kappa shape index (κ3) is 2.20. The van der Waals surface area contributed by atoms with E-state index in [2.05, 4.69) is 4.98 Å². The number of hydrogen-bond acceptors (Lipinski definition) is 3. The van der Waals surface area contributed by atoms with Crippen molar-refractivity contribution in [3.63, 3.8) is 0 Å². The van der Waals surface area contributed by atoms with Crippen LogP contribution in [0.5, 0.6) is 0 Å². The minimum atomic E-state index is -0.341. The first-order valence-electron chi connectivity index (χ1n) is 6.37. The zero-order valence-electron chi connectivity index (χ0n) is 10.9. The maximum absolute atomic E-state index is 13.2. The summed E-state index contributed by atoms with van der Waals surface area (Å²) in [5.74, 6) is 0.0643. The normalized spacial score (nSPS) is 10.9. The van der Waals surface area contributed by atoms with Crippen molar-refractivity contribution in [3.05, 3.63) is 53.8 Å². The molecular formula is C16H12FNO2. The van der Waals surface area contributed by atoms with Crippen LogP contribution in [0.2, 0.25) is 0 Å². The fourth-order valence-electron chi connectivity index (χ4n) is 2.05. The smallest absolute Gasteiger partial charge is 0.227 e. The first-order chi connectivity index (χ1) is 9.67. The molecule has 0 N–H and O–H groups in total. The first-order valence-corrected chi connectivity index (χ1v) is 6.37. The van der Waals surface area contributed by atoms with E-state index in [9.17, 15) is 9.18 Å². The molecule has 3 nitrogen and oxygen atoms in total. The van der Waals surface area contributed by atoms with E-state index in [0.29, 0.717) is 34.5 Å². The average Bonchev–Trinajstić information content (AvgIpc) is 2.89. The average molecular weight is 269 g/mol. The number of fused-ring (bicyclic) bond motifs is 1. The van der Waals surface area contributed by atoms with Gasteiger partial charge in [0.1, 0.15) is 11.3 Å². The van der Waals surface area contributed by atoms with Gasteiger partial charge in [-0.05, 0) is 36.4 Å². The molecule has 0 atom stereocenters. The summed E-state index contributed by atoms with van der Waals surface area (Å²) < 4.78 is 18.8. The second-order valence-corrected chi connectivity index (χ2v) is 4.49. The van der Waals surface area contributed by atoms with Gasteiger partial charge in [-0.2, -0.15) is 0 Å². The summed E-state index contributed by atoms with van der Waals surface area (Å²) in [7, 11) is 0. The summed E-state index contributed by atoms with van der Waals surface area (Å²) in [6.07, 6.45) is 0.445. The Morgan fingerprint density at radius 2 is 2.10 bits per heavy atom. The summed E-state index contributed by atoms with van der Waals surface area (Å²) in [5.41, 5.74) is 2.36. The van der Waals surface area contributed by atoms with Crippen LogP contribution in [0.1, 0.15) is 23.7 Å². The van der Waals surface area contributed by atoms with Crippen molar-refractivity contribution < 1.29 is 13.6 Å². The monoisotopic (exact) mass is 269 g/mol. The molecule has 2 aromatic carbocycles. The van der Waals surface area contributed by atoms with Crippen molar-refractivity contribution in [1.29, 1.82) is 0 Å². The molecule has 1 heterocycles.